The maximum Gasteiger partial charge on any atom is 0.416 e. The fourth-order valence-electron chi connectivity index (χ4n) is 2.07. The number of hydrogen-bond acceptors (Lipinski definition) is 3. The molecule has 4 nitrogen and oxygen atoms in total. The van der Waals surface area contributed by atoms with E-state index in [1.807, 2.05) is 0 Å². The number of hydrogen-bond donors (Lipinski definition) is 0. The number of benzene rings is 1. The molecule has 0 heterocycles. The van der Waals surface area contributed by atoms with E-state index in [2.05, 4.69) is 4.74 Å². The van der Waals surface area contributed by atoms with Crippen LogP contribution in [0, 0.1) is 5.92 Å². The first-order valence-corrected chi connectivity index (χ1v) is 6.90. The number of esters is 1. The normalized spacial score (nSPS) is 13.3. The fraction of sp³-hybridized carbons (Fsp3) is 0.467. The van der Waals surface area contributed by atoms with E-state index in [0.717, 1.165) is 19.1 Å². The van der Waals surface area contributed by atoms with Gasteiger partial charge in [-0.05, 0) is 18.2 Å². The molecule has 1 rings (SSSR count). The van der Waals surface area contributed by atoms with Crippen LogP contribution in [0.2, 0.25) is 0 Å². The number of amides is 1. The number of halogens is 6. The molecule has 0 fully saturated rings. The molecule has 1 amide bonds. The van der Waals surface area contributed by atoms with E-state index in [4.69, 9.17) is 0 Å². The van der Waals surface area contributed by atoms with Crippen LogP contribution in [-0.2, 0) is 21.9 Å². The van der Waals surface area contributed by atoms with Crippen LogP contribution in [0.1, 0.15) is 28.4 Å². The van der Waals surface area contributed by atoms with E-state index < -0.39 is 46.8 Å². The van der Waals surface area contributed by atoms with Crippen molar-refractivity contribution < 1.29 is 40.7 Å². The highest BCUT2D eigenvalue weighted by atomic mass is 19.4. The quantitative estimate of drug-likeness (QED) is 0.600. The third-order valence-corrected chi connectivity index (χ3v) is 3.33. The van der Waals surface area contributed by atoms with E-state index in [9.17, 15) is 35.9 Å². The van der Waals surface area contributed by atoms with Gasteiger partial charge < -0.3 is 9.64 Å². The molecule has 1 aromatic carbocycles. The summed E-state index contributed by atoms with van der Waals surface area (Å²) < 4.78 is 81.3. The van der Waals surface area contributed by atoms with Crippen molar-refractivity contribution in [2.75, 3.05) is 20.7 Å². The minimum Gasteiger partial charge on any atom is -0.469 e. The summed E-state index contributed by atoms with van der Waals surface area (Å²) in [6.07, 6.45) is -10.1. The van der Waals surface area contributed by atoms with E-state index in [-0.39, 0.29) is 12.6 Å². The molecule has 0 saturated heterocycles. The highest BCUT2D eigenvalue weighted by molar-refractivity contribution is 5.94. The van der Waals surface area contributed by atoms with Gasteiger partial charge in [-0.25, -0.2) is 0 Å². The molecule has 1 aromatic rings. The lowest BCUT2D eigenvalue weighted by atomic mass is 10.0. The number of alkyl halides is 6. The number of nitrogens with zero attached hydrogens (tertiary/aromatic N) is 1. The zero-order chi connectivity index (χ0) is 19.6. The third-order valence-electron chi connectivity index (χ3n) is 3.33. The summed E-state index contributed by atoms with van der Waals surface area (Å²) in [5.41, 5.74) is -3.94. The van der Waals surface area contributed by atoms with Gasteiger partial charge in [0.15, 0.2) is 0 Å². The van der Waals surface area contributed by atoms with Crippen LogP contribution < -0.4 is 0 Å². The van der Waals surface area contributed by atoms with Gasteiger partial charge in [0.1, 0.15) is 0 Å². The van der Waals surface area contributed by atoms with Crippen molar-refractivity contribution in [3.63, 3.8) is 0 Å². The number of carbonyl (C=O) groups excluding carboxylic acids is 2. The molecule has 0 aromatic heterocycles. The van der Waals surface area contributed by atoms with Crippen molar-refractivity contribution in [1.29, 1.82) is 0 Å². The SMILES string of the molecule is COC(=O)C(C)CN(C)C(=O)c1cc(C(F)(F)F)cc(C(F)(F)F)c1. The highest BCUT2D eigenvalue weighted by Gasteiger charge is 2.37. The van der Waals surface area contributed by atoms with Gasteiger partial charge in [-0.1, -0.05) is 6.92 Å². The summed E-state index contributed by atoms with van der Waals surface area (Å²) >= 11 is 0. The van der Waals surface area contributed by atoms with Gasteiger partial charge >= 0.3 is 18.3 Å². The molecular formula is C15H15F6NO3. The predicted molar refractivity (Wildman–Crippen MR) is 74.6 cm³/mol. The van der Waals surface area contributed by atoms with Crippen molar-refractivity contribution >= 4 is 11.9 Å². The summed E-state index contributed by atoms with van der Waals surface area (Å²) in [5, 5.41) is 0. The largest absolute Gasteiger partial charge is 0.469 e. The molecule has 25 heavy (non-hydrogen) atoms. The van der Waals surface area contributed by atoms with Gasteiger partial charge in [-0.3, -0.25) is 9.59 Å². The molecular weight excluding hydrogens is 356 g/mol. The summed E-state index contributed by atoms with van der Waals surface area (Å²) in [6.45, 7) is 1.17. The molecule has 0 spiro atoms. The zero-order valence-electron chi connectivity index (χ0n) is 13.5. The molecule has 0 radical (unpaired) electrons. The van der Waals surface area contributed by atoms with Gasteiger partial charge in [-0.15, -0.1) is 0 Å². The van der Waals surface area contributed by atoms with Crippen LogP contribution in [-0.4, -0.2) is 37.5 Å². The van der Waals surface area contributed by atoms with Crippen molar-refractivity contribution in [3.8, 4) is 0 Å². The average Bonchev–Trinajstić information content (AvgIpc) is 2.50. The molecule has 140 valence electrons. The van der Waals surface area contributed by atoms with Gasteiger partial charge in [-0.2, -0.15) is 26.3 Å². The molecule has 0 saturated carbocycles. The van der Waals surface area contributed by atoms with Gasteiger partial charge in [0.25, 0.3) is 5.91 Å². The van der Waals surface area contributed by atoms with Crippen LogP contribution >= 0.6 is 0 Å². The summed E-state index contributed by atoms with van der Waals surface area (Å²) in [6, 6.07) is 0.627. The summed E-state index contributed by atoms with van der Waals surface area (Å²) in [4.78, 5) is 24.4. The molecule has 1 atom stereocenters. The Hall–Kier alpha value is -2.26. The Labute approximate surface area is 139 Å². The highest BCUT2D eigenvalue weighted by Crippen LogP contribution is 2.36. The third kappa shape index (κ3) is 5.36. The van der Waals surface area contributed by atoms with Gasteiger partial charge in [0, 0.05) is 19.2 Å². The Bertz CT molecular complexity index is 621. The minimum absolute atomic E-state index is 0.0617. The smallest absolute Gasteiger partial charge is 0.416 e. The van der Waals surface area contributed by atoms with E-state index in [0.29, 0.717) is 12.1 Å². The Kier molecular flexibility index (Phi) is 6.09. The van der Waals surface area contributed by atoms with E-state index >= 15 is 0 Å². The summed E-state index contributed by atoms with van der Waals surface area (Å²) in [5.74, 6) is -2.54. The van der Waals surface area contributed by atoms with Crippen LogP contribution in [0.5, 0.6) is 0 Å². The van der Waals surface area contributed by atoms with Gasteiger partial charge in [0.05, 0.1) is 24.2 Å². The number of carbonyl (C=O) groups is 2. The number of ether oxygens (including phenoxy) is 1. The summed E-state index contributed by atoms with van der Waals surface area (Å²) in [7, 11) is 2.28. The lowest BCUT2D eigenvalue weighted by molar-refractivity contribution is -0.145. The Balaban J connectivity index is 3.22. The van der Waals surface area contributed by atoms with E-state index in [1.54, 1.807) is 0 Å². The minimum atomic E-state index is -5.05. The maximum atomic E-state index is 12.8. The molecule has 10 heteroatoms. The van der Waals surface area contributed by atoms with Crippen LogP contribution in [0.25, 0.3) is 0 Å². The molecule has 0 aliphatic carbocycles. The second-order valence-corrected chi connectivity index (χ2v) is 5.40. The Morgan fingerprint density at radius 1 is 1.04 bits per heavy atom. The fourth-order valence-corrected chi connectivity index (χ4v) is 2.07. The topological polar surface area (TPSA) is 46.6 Å². The Morgan fingerprint density at radius 3 is 1.84 bits per heavy atom. The first kappa shape index (κ1) is 20.8. The van der Waals surface area contributed by atoms with Crippen molar-refractivity contribution in [2.24, 2.45) is 5.92 Å². The second-order valence-electron chi connectivity index (χ2n) is 5.40. The lowest BCUT2D eigenvalue weighted by Gasteiger charge is -2.21. The molecule has 0 aliphatic heterocycles. The Morgan fingerprint density at radius 2 is 1.48 bits per heavy atom. The lowest BCUT2D eigenvalue weighted by Crippen LogP contribution is -2.34. The molecule has 0 aliphatic rings. The van der Waals surface area contributed by atoms with E-state index in [1.165, 1.54) is 6.92 Å². The molecule has 0 bridgehead atoms. The van der Waals surface area contributed by atoms with Crippen molar-refractivity contribution in [2.45, 2.75) is 19.3 Å². The number of methoxy groups -OCH3 is 1. The average molecular weight is 371 g/mol. The van der Waals surface area contributed by atoms with Crippen molar-refractivity contribution in [3.05, 3.63) is 34.9 Å². The number of rotatable bonds is 4. The second kappa shape index (κ2) is 7.32. The molecule has 0 N–H and O–H groups in total. The van der Waals surface area contributed by atoms with Crippen LogP contribution in [0.15, 0.2) is 18.2 Å². The predicted octanol–water partition coefficient (Wildman–Crippen LogP) is 3.61. The van der Waals surface area contributed by atoms with Crippen molar-refractivity contribution in [1.82, 2.24) is 4.90 Å². The van der Waals surface area contributed by atoms with Crippen LogP contribution in [0.4, 0.5) is 26.3 Å². The van der Waals surface area contributed by atoms with Gasteiger partial charge in [0.2, 0.25) is 0 Å². The standard InChI is InChI=1S/C15H15F6NO3/c1-8(13(24)25-3)7-22(2)12(23)9-4-10(14(16,17)18)6-11(5-9)15(19,20)21/h4-6,8H,7H2,1-3H3. The monoisotopic (exact) mass is 371 g/mol. The molecule has 1 unspecified atom stereocenters. The first-order chi connectivity index (χ1) is 11.3. The van der Waals surface area contributed by atoms with Crippen LogP contribution in [0.3, 0.4) is 0 Å². The maximum absolute atomic E-state index is 12.8. The first-order valence-electron chi connectivity index (χ1n) is 6.90. The zero-order valence-corrected chi connectivity index (χ0v) is 13.5.